The topological polar surface area (TPSA) is 85.6 Å². The van der Waals surface area contributed by atoms with E-state index < -0.39 is 24.4 Å². The van der Waals surface area contributed by atoms with Crippen molar-refractivity contribution in [2.75, 3.05) is 6.61 Å². The Morgan fingerprint density at radius 1 is 1.24 bits per heavy atom. The van der Waals surface area contributed by atoms with Crippen LogP contribution in [0.2, 0.25) is 0 Å². The second-order valence-corrected chi connectivity index (χ2v) is 6.40. The van der Waals surface area contributed by atoms with Gasteiger partial charge in [-0.1, -0.05) is 18.2 Å². The molecule has 0 saturated carbocycles. The molecule has 25 heavy (non-hydrogen) atoms. The van der Waals surface area contributed by atoms with E-state index in [9.17, 15) is 14.4 Å². The van der Waals surface area contributed by atoms with Crippen LogP contribution in [0, 0.1) is 6.92 Å². The van der Waals surface area contributed by atoms with Crippen LogP contribution in [0.3, 0.4) is 0 Å². The standard InChI is InChI=1S/C18H15NO5S/c1-11-4-5-13-12(9-23-14(13)7-11)8-17(21)24-10-16(20)19-18(22)15-3-2-6-25-15/h2-7,9H,8,10H2,1H3,(H,19,20,22). The van der Waals surface area contributed by atoms with Crippen LogP contribution in [0.25, 0.3) is 11.0 Å². The number of hydrogen-bond acceptors (Lipinski definition) is 6. The zero-order valence-electron chi connectivity index (χ0n) is 13.4. The van der Waals surface area contributed by atoms with E-state index >= 15 is 0 Å². The number of rotatable bonds is 5. The number of furan rings is 1. The van der Waals surface area contributed by atoms with E-state index in [0.29, 0.717) is 16.0 Å². The smallest absolute Gasteiger partial charge is 0.310 e. The Hall–Kier alpha value is -2.93. The van der Waals surface area contributed by atoms with Gasteiger partial charge in [0.05, 0.1) is 17.6 Å². The van der Waals surface area contributed by atoms with Crippen molar-refractivity contribution < 1.29 is 23.5 Å². The second kappa shape index (κ2) is 7.31. The van der Waals surface area contributed by atoms with E-state index in [-0.39, 0.29) is 6.42 Å². The molecule has 7 heteroatoms. The fourth-order valence-electron chi connectivity index (χ4n) is 2.31. The molecule has 0 radical (unpaired) electrons. The van der Waals surface area contributed by atoms with Crippen LogP contribution in [0.1, 0.15) is 20.8 Å². The van der Waals surface area contributed by atoms with E-state index in [2.05, 4.69) is 5.32 Å². The van der Waals surface area contributed by atoms with Crippen LogP contribution < -0.4 is 5.32 Å². The molecular weight excluding hydrogens is 342 g/mol. The highest BCUT2D eigenvalue weighted by molar-refractivity contribution is 7.12. The predicted octanol–water partition coefficient (Wildman–Crippen LogP) is 2.85. The van der Waals surface area contributed by atoms with Crippen molar-refractivity contribution in [3.05, 3.63) is 58.0 Å². The molecule has 2 aromatic heterocycles. The number of amides is 2. The monoisotopic (exact) mass is 357 g/mol. The number of thiophene rings is 1. The molecule has 128 valence electrons. The van der Waals surface area contributed by atoms with Crippen molar-refractivity contribution in [2.45, 2.75) is 13.3 Å². The number of ether oxygens (including phenoxy) is 1. The summed E-state index contributed by atoms with van der Waals surface area (Å²) in [6.45, 7) is 1.44. The molecule has 1 N–H and O–H groups in total. The third-order valence-electron chi connectivity index (χ3n) is 3.51. The van der Waals surface area contributed by atoms with Crippen LogP contribution in [-0.4, -0.2) is 24.4 Å². The van der Waals surface area contributed by atoms with Crippen molar-refractivity contribution in [1.82, 2.24) is 5.32 Å². The minimum atomic E-state index is -0.667. The first-order chi connectivity index (χ1) is 12.0. The van der Waals surface area contributed by atoms with Gasteiger partial charge < -0.3 is 9.15 Å². The minimum absolute atomic E-state index is 0.0117. The lowest BCUT2D eigenvalue weighted by Crippen LogP contribution is -2.33. The van der Waals surface area contributed by atoms with E-state index in [1.807, 2.05) is 25.1 Å². The van der Waals surface area contributed by atoms with Gasteiger partial charge in [-0.3, -0.25) is 19.7 Å². The summed E-state index contributed by atoms with van der Waals surface area (Å²) < 4.78 is 10.3. The number of fused-ring (bicyclic) bond motifs is 1. The molecule has 6 nitrogen and oxygen atoms in total. The summed E-state index contributed by atoms with van der Waals surface area (Å²) in [6, 6.07) is 9.00. The molecule has 0 aliphatic heterocycles. The normalized spacial score (nSPS) is 10.6. The number of imide groups is 1. The fraction of sp³-hybridized carbons (Fsp3) is 0.167. The summed E-state index contributed by atoms with van der Waals surface area (Å²) in [4.78, 5) is 35.7. The Balaban J connectivity index is 1.52. The largest absolute Gasteiger partial charge is 0.464 e. The number of aryl methyl sites for hydroxylation is 1. The molecule has 0 fully saturated rings. The summed E-state index contributed by atoms with van der Waals surface area (Å²) in [5, 5.41) is 4.73. The quantitative estimate of drug-likeness (QED) is 0.710. The molecule has 2 amide bonds. The molecule has 3 rings (SSSR count). The fourth-order valence-corrected chi connectivity index (χ4v) is 2.93. The van der Waals surface area contributed by atoms with Crippen LogP contribution >= 0.6 is 11.3 Å². The molecule has 2 heterocycles. The van der Waals surface area contributed by atoms with Crippen molar-refractivity contribution in [3.8, 4) is 0 Å². The van der Waals surface area contributed by atoms with Crippen molar-refractivity contribution >= 4 is 40.1 Å². The SMILES string of the molecule is Cc1ccc2c(CC(=O)OCC(=O)NC(=O)c3cccs3)coc2c1. The van der Waals surface area contributed by atoms with Crippen LogP contribution in [0.15, 0.2) is 46.4 Å². The van der Waals surface area contributed by atoms with E-state index in [1.54, 1.807) is 17.5 Å². The molecule has 0 aliphatic carbocycles. The van der Waals surface area contributed by atoms with Crippen molar-refractivity contribution in [1.29, 1.82) is 0 Å². The highest BCUT2D eigenvalue weighted by atomic mass is 32.1. The van der Waals surface area contributed by atoms with E-state index in [0.717, 1.165) is 10.9 Å². The number of nitrogens with one attached hydrogen (secondary N) is 1. The average molecular weight is 357 g/mol. The highest BCUT2D eigenvalue weighted by Gasteiger charge is 2.15. The molecule has 0 atom stereocenters. The predicted molar refractivity (Wildman–Crippen MR) is 92.4 cm³/mol. The summed E-state index contributed by atoms with van der Waals surface area (Å²) in [6.07, 6.45) is 1.49. The molecule has 0 unspecified atom stereocenters. The first-order valence-electron chi connectivity index (χ1n) is 7.53. The van der Waals surface area contributed by atoms with Gasteiger partial charge in [-0.05, 0) is 30.0 Å². The van der Waals surface area contributed by atoms with Gasteiger partial charge in [0.25, 0.3) is 11.8 Å². The molecule has 0 aliphatic rings. The van der Waals surface area contributed by atoms with Crippen molar-refractivity contribution in [2.24, 2.45) is 0 Å². The van der Waals surface area contributed by atoms with Crippen LogP contribution in [0.4, 0.5) is 0 Å². The zero-order valence-corrected chi connectivity index (χ0v) is 14.2. The van der Waals surface area contributed by atoms with E-state index in [1.165, 1.54) is 17.6 Å². The number of carbonyl (C=O) groups is 3. The Labute approximate surface area is 147 Å². The van der Waals surface area contributed by atoms with Gasteiger partial charge in [-0.15, -0.1) is 11.3 Å². The third-order valence-corrected chi connectivity index (χ3v) is 4.38. The first-order valence-corrected chi connectivity index (χ1v) is 8.41. The summed E-state index contributed by atoms with van der Waals surface area (Å²) in [5.74, 6) is -1.74. The first kappa shape index (κ1) is 16.9. The minimum Gasteiger partial charge on any atom is -0.464 e. The van der Waals surface area contributed by atoms with Crippen LogP contribution in [-0.2, 0) is 20.7 Å². The molecule has 0 saturated heterocycles. The lowest BCUT2D eigenvalue weighted by molar-refractivity contribution is -0.147. The summed E-state index contributed by atoms with van der Waals surface area (Å²) in [7, 11) is 0. The van der Waals surface area contributed by atoms with Gasteiger partial charge >= 0.3 is 5.97 Å². The number of hydrogen-bond donors (Lipinski definition) is 1. The Morgan fingerprint density at radius 2 is 2.08 bits per heavy atom. The second-order valence-electron chi connectivity index (χ2n) is 5.45. The van der Waals surface area contributed by atoms with Gasteiger partial charge in [-0.25, -0.2) is 0 Å². The van der Waals surface area contributed by atoms with Gasteiger partial charge in [0.15, 0.2) is 6.61 Å². The lowest BCUT2D eigenvalue weighted by atomic mass is 10.1. The summed E-state index contributed by atoms with van der Waals surface area (Å²) in [5.41, 5.74) is 2.44. The highest BCUT2D eigenvalue weighted by Crippen LogP contribution is 2.22. The number of benzene rings is 1. The molecular formula is C18H15NO5S. The molecule has 1 aromatic carbocycles. The maximum atomic E-state index is 11.9. The lowest BCUT2D eigenvalue weighted by Gasteiger charge is -2.04. The van der Waals surface area contributed by atoms with Gasteiger partial charge in [-0.2, -0.15) is 0 Å². The average Bonchev–Trinajstić information content (AvgIpc) is 3.23. The Kier molecular flexibility index (Phi) is 4.95. The van der Waals surface area contributed by atoms with Gasteiger partial charge in [0, 0.05) is 10.9 Å². The zero-order chi connectivity index (χ0) is 17.8. The molecule has 0 bridgehead atoms. The maximum Gasteiger partial charge on any atom is 0.310 e. The Morgan fingerprint density at radius 3 is 2.84 bits per heavy atom. The maximum absolute atomic E-state index is 11.9. The number of esters is 1. The van der Waals surface area contributed by atoms with E-state index in [4.69, 9.17) is 9.15 Å². The number of carbonyl (C=O) groups excluding carboxylic acids is 3. The van der Waals surface area contributed by atoms with Crippen LogP contribution in [0.5, 0.6) is 0 Å². The Bertz CT molecular complexity index is 926. The molecule has 3 aromatic rings. The van der Waals surface area contributed by atoms with Gasteiger partial charge in [0.1, 0.15) is 5.58 Å². The van der Waals surface area contributed by atoms with Gasteiger partial charge in [0.2, 0.25) is 0 Å². The third kappa shape index (κ3) is 4.13. The van der Waals surface area contributed by atoms with Crippen molar-refractivity contribution in [3.63, 3.8) is 0 Å². The summed E-state index contributed by atoms with van der Waals surface area (Å²) >= 11 is 1.22. The molecule has 0 spiro atoms.